The lowest BCUT2D eigenvalue weighted by atomic mass is 9.85. The van der Waals surface area contributed by atoms with Crippen LogP contribution in [0.15, 0.2) is 24.3 Å². The van der Waals surface area contributed by atoms with Crippen molar-refractivity contribution in [1.82, 2.24) is 15.5 Å². The molecule has 1 aromatic carbocycles. The molecule has 1 saturated heterocycles. The number of likely N-dealkylation sites (tertiary alicyclic amines) is 1. The fourth-order valence-electron chi connectivity index (χ4n) is 6.20. The van der Waals surface area contributed by atoms with Gasteiger partial charge in [0.2, 0.25) is 23.6 Å². The zero-order chi connectivity index (χ0) is 29.1. The summed E-state index contributed by atoms with van der Waals surface area (Å²) in [7, 11) is 0. The van der Waals surface area contributed by atoms with Crippen molar-refractivity contribution in [3.63, 3.8) is 0 Å². The van der Waals surface area contributed by atoms with Gasteiger partial charge in [-0.25, -0.2) is 0 Å². The number of carbonyl (C=O) groups is 5. The third-order valence-electron chi connectivity index (χ3n) is 8.92. The molecule has 0 radical (unpaired) electrons. The van der Waals surface area contributed by atoms with Crippen molar-refractivity contribution in [3.8, 4) is 5.75 Å². The Bertz CT molecular complexity index is 1250. The Morgan fingerprint density at radius 1 is 1.12 bits per heavy atom. The Hall–Kier alpha value is -3.63. The van der Waals surface area contributed by atoms with Crippen LogP contribution in [0.1, 0.15) is 53.9 Å². The van der Waals surface area contributed by atoms with E-state index in [0.717, 1.165) is 12.8 Å². The normalized spacial score (nSPS) is 27.7. The number of anilines is 1. The maximum Gasteiger partial charge on any atom is 0.265 e. The second-order valence-corrected chi connectivity index (χ2v) is 13.3. The van der Waals surface area contributed by atoms with Gasteiger partial charge in [-0.05, 0) is 47.6 Å². The molecule has 2 aliphatic heterocycles. The number of rotatable bonds is 8. The van der Waals surface area contributed by atoms with Gasteiger partial charge in [-0.3, -0.25) is 24.0 Å². The van der Waals surface area contributed by atoms with Crippen molar-refractivity contribution in [3.05, 3.63) is 24.3 Å². The van der Waals surface area contributed by atoms with E-state index in [0.29, 0.717) is 18.0 Å². The molecular formula is C29H39N5O6. The molecule has 0 spiro atoms. The molecule has 11 nitrogen and oxygen atoms in total. The molecule has 1 aromatic rings. The number of nitrogens with two attached hydrogens (primary N) is 1. The van der Waals surface area contributed by atoms with E-state index in [4.69, 9.17) is 10.5 Å². The van der Waals surface area contributed by atoms with Gasteiger partial charge in [0.25, 0.3) is 5.91 Å². The molecule has 11 heteroatoms. The zero-order valence-corrected chi connectivity index (χ0v) is 23.7. The van der Waals surface area contributed by atoms with Gasteiger partial charge in [-0.2, -0.15) is 0 Å². The number of primary amides is 1. The summed E-state index contributed by atoms with van der Waals surface area (Å²) in [6.45, 7) is 10.2. The van der Waals surface area contributed by atoms with E-state index in [1.807, 2.05) is 20.8 Å². The standard InChI is InChI=1S/C29H39N5O6/c1-28(2,3)22(33-24(36)14-10-11-14)27(39)34-13-15-20(29(15,4)5)21(34)26(38)32-17(23(30)35)12-19-25(37)31-16-8-6-7-9-18(16)40-19/h6-9,14-15,17,19-22H,10-13H2,1-5H3,(H2,30,35)(H,31,37)(H,32,38)(H,33,36)/t15-,17-,19-,20-,21-,22+/m0/s1. The van der Waals surface area contributed by atoms with E-state index < -0.39 is 47.4 Å². The van der Waals surface area contributed by atoms with E-state index in [9.17, 15) is 24.0 Å². The van der Waals surface area contributed by atoms with E-state index in [1.54, 1.807) is 29.2 Å². The number of fused-ring (bicyclic) bond motifs is 2. The van der Waals surface area contributed by atoms with Crippen LogP contribution in [0.25, 0.3) is 0 Å². The molecule has 4 aliphatic rings. The highest BCUT2D eigenvalue weighted by atomic mass is 16.5. The molecular weight excluding hydrogens is 514 g/mol. The fraction of sp³-hybridized carbons (Fsp3) is 0.621. The number of para-hydroxylation sites is 2. The molecule has 0 aromatic heterocycles. The van der Waals surface area contributed by atoms with E-state index >= 15 is 0 Å². The molecule has 0 unspecified atom stereocenters. The van der Waals surface area contributed by atoms with Crippen molar-refractivity contribution in [1.29, 1.82) is 0 Å². The minimum absolute atomic E-state index is 0.0647. The van der Waals surface area contributed by atoms with Crippen molar-refractivity contribution < 1.29 is 28.7 Å². The molecule has 0 bridgehead atoms. The van der Waals surface area contributed by atoms with Crippen molar-refractivity contribution in [2.75, 3.05) is 11.9 Å². The Labute approximate surface area is 233 Å². The molecule has 6 atom stereocenters. The molecule has 2 aliphatic carbocycles. The molecule has 2 saturated carbocycles. The van der Waals surface area contributed by atoms with Crippen molar-refractivity contribution >= 4 is 35.2 Å². The average Bonchev–Trinajstić information content (AvgIpc) is 3.75. The highest BCUT2D eigenvalue weighted by Crippen LogP contribution is 2.65. The van der Waals surface area contributed by atoms with Crippen LogP contribution in [0.4, 0.5) is 5.69 Å². The maximum atomic E-state index is 13.9. The summed E-state index contributed by atoms with van der Waals surface area (Å²) in [5.41, 5.74) is 5.44. The number of ether oxygens (including phenoxy) is 1. The van der Waals surface area contributed by atoms with E-state index in [2.05, 4.69) is 29.8 Å². The minimum atomic E-state index is -1.20. The molecule has 5 N–H and O–H groups in total. The number of hydrogen-bond donors (Lipinski definition) is 4. The number of amides is 5. The van der Waals surface area contributed by atoms with Crippen molar-refractivity contribution in [2.24, 2.45) is 34.3 Å². The first-order valence-corrected chi connectivity index (χ1v) is 14.0. The first-order chi connectivity index (χ1) is 18.7. The summed E-state index contributed by atoms with van der Waals surface area (Å²) in [4.78, 5) is 67.0. The molecule has 216 valence electrons. The zero-order valence-electron chi connectivity index (χ0n) is 23.7. The highest BCUT2D eigenvalue weighted by molar-refractivity contribution is 5.99. The average molecular weight is 554 g/mol. The minimum Gasteiger partial charge on any atom is -0.478 e. The van der Waals surface area contributed by atoms with Gasteiger partial charge in [0.05, 0.1) is 5.69 Å². The van der Waals surface area contributed by atoms with Crippen LogP contribution in [-0.2, 0) is 24.0 Å². The predicted octanol–water partition coefficient (Wildman–Crippen LogP) is 1.17. The topological polar surface area (TPSA) is 160 Å². The summed E-state index contributed by atoms with van der Waals surface area (Å²) in [5.74, 6) is -1.81. The van der Waals surface area contributed by atoms with E-state index in [1.165, 1.54) is 0 Å². The van der Waals surface area contributed by atoms with Crippen LogP contribution >= 0.6 is 0 Å². The summed E-state index contributed by atoms with van der Waals surface area (Å²) < 4.78 is 5.81. The van der Waals surface area contributed by atoms with Crippen LogP contribution in [-0.4, -0.2) is 65.2 Å². The smallest absolute Gasteiger partial charge is 0.265 e. The van der Waals surface area contributed by atoms with Gasteiger partial charge in [-0.15, -0.1) is 0 Å². The predicted molar refractivity (Wildman–Crippen MR) is 146 cm³/mol. The van der Waals surface area contributed by atoms with Gasteiger partial charge in [-0.1, -0.05) is 46.8 Å². The Morgan fingerprint density at radius 3 is 2.42 bits per heavy atom. The largest absolute Gasteiger partial charge is 0.478 e. The first-order valence-electron chi connectivity index (χ1n) is 14.0. The molecule has 3 fully saturated rings. The van der Waals surface area contributed by atoms with E-state index in [-0.39, 0.29) is 41.4 Å². The Morgan fingerprint density at radius 2 is 1.80 bits per heavy atom. The molecule has 5 amide bonds. The van der Waals surface area contributed by atoms with Crippen LogP contribution < -0.4 is 26.4 Å². The number of nitrogens with one attached hydrogen (secondary N) is 3. The number of benzene rings is 1. The van der Waals surface area contributed by atoms with Crippen LogP contribution in [0, 0.1) is 28.6 Å². The molecule has 5 rings (SSSR count). The lowest BCUT2D eigenvalue weighted by Crippen LogP contribution is -2.61. The molecule has 40 heavy (non-hydrogen) atoms. The highest BCUT2D eigenvalue weighted by Gasteiger charge is 2.70. The second-order valence-electron chi connectivity index (χ2n) is 13.3. The van der Waals surface area contributed by atoms with Gasteiger partial charge in [0.1, 0.15) is 23.9 Å². The van der Waals surface area contributed by atoms with Gasteiger partial charge < -0.3 is 31.3 Å². The lowest BCUT2D eigenvalue weighted by Gasteiger charge is -2.38. The fourth-order valence-corrected chi connectivity index (χ4v) is 6.20. The van der Waals surface area contributed by atoms with Crippen LogP contribution in [0.3, 0.4) is 0 Å². The number of nitrogens with zero attached hydrogens (tertiary/aromatic N) is 1. The number of piperidine rings is 1. The Kier molecular flexibility index (Phi) is 6.82. The quantitative estimate of drug-likeness (QED) is 0.378. The van der Waals surface area contributed by atoms with Crippen molar-refractivity contribution in [2.45, 2.75) is 78.1 Å². The first kappa shape index (κ1) is 27.9. The van der Waals surface area contributed by atoms with Crippen LogP contribution in [0.5, 0.6) is 5.75 Å². The van der Waals surface area contributed by atoms with Gasteiger partial charge in [0, 0.05) is 18.9 Å². The molecule has 2 heterocycles. The number of hydrogen-bond acceptors (Lipinski definition) is 6. The maximum absolute atomic E-state index is 13.9. The third-order valence-corrected chi connectivity index (χ3v) is 8.92. The second kappa shape index (κ2) is 9.78. The van der Waals surface area contributed by atoms with Gasteiger partial charge in [0.15, 0.2) is 6.10 Å². The third kappa shape index (κ3) is 5.13. The summed E-state index contributed by atoms with van der Waals surface area (Å²) >= 11 is 0. The summed E-state index contributed by atoms with van der Waals surface area (Å²) in [5, 5.41) is 8.40. The SMILES string of the molecule is CC(C)(C)[C@H](NC(=O)C1CC1)C(=O)N1C[C@H]2[C@@H]([C@H]1C(=O)N[C@@H](C[C@@H]1Oc3ccccc3NC1=O)C(N)=O)C2(C)C. The monoisotopic (exact) mass is 553 g/mol. The number of carbonyl (C=O) groups excluding carboxylic acids is 5. The van der Waals surface area contributed by atoms with Crippen LogP contribution in [0.2, 0.25) is 0 Å². The Balaban J connectivity index is 1.33. The lowest BCUT2D eigenvalue weighted by molar-refractivity contribution is -0.146. The summed E-state index contributed by atoms with van der Waals surface area (Å²) in [6, 6.07) is 4.09. The van der Waals surface area contributed by atoms with Gasteiger partial charge >= 0.3 is 0 Å². The summed E-state index contributed by atoms with van der Waals surface area (Å²) in [6.07, 6.45) is 0.420.